The number of carbonyl (C=O) groups excluding carboxylic acids is 1. The second-order valence-corrected chi connectivity index (χ2v) is 8.55. The van der Waals surface area contributed by atoms with Gasteiger partial charge in [-0.15, -0.1) is 0 Å². The molecule has 0 spiro atoms. The topological polar surface area (TPSA) is 71.4 Å². The van der Waals surface area contributed by atoms with Crippen LogP contribution in [0.3, 0.4) is 0 Å². The number of hydrogen-bond acceptors (Lipinski definition) is 4. The highest BCUT2D eigenvalue weighted by molar-refractivity contribution is 5.98. The summed E-state index contributed by atoms with van der Waals surface area (Å²) in [5, 5.41) is 1.06. The highest BCUT2D eigenvalue weighted by atomic mass is 16.5. The van der Waals surface area contributed by atoms with E-state index in [4.69, 9.17) is 9.15 Å². The van der Waals surface area contributed by atoms with Crippen molar-refractivity contribution in [1.82, 2.24) is 14.9 Å². The molecule has 0 unspecified atom stereocenters. The number of carbonyl (C=O) groups is 1. The molecule has 2 aromatic heterocycles. The predicted molar refractivity (Wildman–Crippen MR) is 123 cm³/mol. The van der Waals surface area contributed by atoms with Crippen molar-refractivity contribution in [1.29, 1.82) is 0 Å². The number of aromatic amines is 1. The molecule has 0 aliphatic carbocycles. The van der Waals surface area contributed by atoms with Crippen LogP contribution in [0.1, 0.15) is 52.0 Å². The molecule has 0 saturated carbocycles. The van der Waals surface area contributed by atoms with E-state index in [2.05, 4.69) is 29.0 Å². The van der Waals surface area contributed by atoms with Crippen LogP contribution in [0.4, 0.5) is 0 Å². The minimum atomic E-state index is 0.0357. The summed E-state index contributed by atoms with van der Waals surface area (Å²) < 4.78 is 11.3. The average Bonchev–Trinajstić information content (AvgIpc) is 3.46. The summed E-state index contributed by atoms with van der Waals surface area (Å²) in [5.74, 6) is 2.54. The van der Waals surface area contributed by atoms with Crippen LogP contribution in [0.5, 0.6) is 5.75 Å². The standard InChI is InChI=1S/C26H27N3O3/c1-17-5-8-19-14-24(28-23(19)12-17)26(30)29-11-3-4-20(16-29)25-27-15-22(32-25)13-18-6-9-21(31-2)10-7-18/h5-10,12,14-15,20,28H,3-4,11,13,16H2,1-2H3/t20-/m0/s1. The maximum atomic E-state index is 13.2. The Balaban J connectivity index is 1.27. The minimum absolute atomic E-state index is 0.0357. The van der Waals surface area contributed by atoms with Crippen LogP contribution >= 0.6 is 0 Å². The number of aromatic nitrogens is 2. The number of hydrogen-bond donors (Lipinski definition) is 1. The van der Waals surface area contributed by atoms with E-state index in [-0.39, 0.29) is 11.8 Å². The minimum Gasteiger partial charge on any atom is -0.497 e. The Kier molecular flexibility index (Phi) is 5.43. The Morgan fingerprint density at radius 2 is 2.06 bits per heavy atom. The third-order valence-corrected chi connectivity index (χ3v) is 6.18. The lowest BCUT2D eigenvalue weighted by atomic mass is 9.97. The number of amides is 1. The monoisotopic (exact) mass is 429 g/mol. The smallest absolute Gasteiger partial charge is 0.270 e. The van der Waals surface area contributed by atoms with Gasteiger partial charge in [0.1, 0.15) is 17.2 Å². The van der Waals surface area contributed by atoms with Crippen molar-refractivity contribution < 1.29 is 13.9 Å². The van der Waals surface area contributed by atoms with Crippen LogP contribution in [0.2, 0.25) is 0 Å². The molecule has 32 heavy (non-hydrogen) atoms. The lowest BCUT2D eigenvalue weighted by molar-refractivity contribution is 0.0693. The van der Waals surface area contributed by atoms with Crippen molar-refractivity contribution >= 4 is 16.8 Å². The molecule has 1 saturated heterocycles. The number of rotatable bonds is 5. The van der Waals surface area contributed by atoms with Gasteiger partial charge in [0.15, 0.2) is 5.89 Å². The molecule has 164 valence electrons. The van der Waals surface area contributed by atoms with Gasteiger partial charge in [-0.3, -0.25) is 4.79 Å². The van der Waals surface area contributed by atoms with Gasteiger partial charge < -0.3 is 19.0 Å². The fourth-order valence-corrected chi connectivity index (χ4v) is 4.43. The molecule has 0 bridgehead atoms. The number of oxazole rings is 1. The summed E-state index contributed by atoms with van der Waals surface area (Å²) in [6.45, 7) is 3.43. The maximum absolute atomic E-state index is 13.2. The molecule has 6 nitrogen and oxygen atoms in total. The molecule has 0 radical (unpaired) electrons. The normalized spacial score (nSPS) is 16.4. The summed E-state index contributed by atoms with van der Waals surface area (Å²) in [4.78, 5) is 22.9. The Morgan fingerprint density at radius 3 is 2.88 bits per heavy atom. The number of benzene rings is 2. The van der Waals surface area contributed by atoms with Gasteiger partial charge in [0.2, 0.25) is 0 Å². The van der Waals surface area contributed by atoms with Gasteiger partial charge in [-0.05, 0) is 55.2 Å². The van der Waals surface area contributed by atoms with Crippen molar-refractivity contribution in [3.63, 3.8) is 0 Å². The van der Waals surface area contributed by atoms with E-state index < -0.39 is 0 Å². The van der Waals surface area contributed by atoms with Crippen LogP contribution in [0.15, 0.2) is 59.1 Å². The van der Waals surface area contributed by atoms with Crippen molar-refractivity contribution in [2.24, 2.45) is 0 Å². The van der Waals surface area contributed by atoms with Crippen LogP contribution in [0, 0.1) is 6.92 Å². The first kappa shape index (κ1) is 20.4. The number of ether oxygens (including phenoxy) is 1. The molecule has 3 heterocycles. The number of aryl methyl sites for hydroxylation is 1. The van der Waals surface area contributed by atoms with E-state index in [0.717, 1.165) is 53.3 Å². The lowest BCUT2D eigenvalue weighted by Crippen LogP contribution is -2.39. The zero-order chi connectivity index (χ0) is 22.1. The lowest BCUT2D eigenvalue weighted by Gasteiger charge is -2.31. The molecule has 1 fully saturated rings. The highest BCUT2D eigenvalue weighted by Crippen LogP contribution is 2.29. The van der Waals surface area contributed by atoms with E-state index in [1.165, 1.54) is 5.56 Å². The third-order valence-electron chi connectivity index (χ3n) is 6.18. The average molecular weight is 430 g/mol. The van der Waals surface area contributed by atoms with E-state index in [9.17, 15) is 4.79 Å². The first-order valence-electron chi connectivity index (χ1n) is 11.1. The Bertz CT molecular complexity index is 1240. The van der Waals surface area contributed by atoms with Crippen molar-refractivity contribution in [2.45, 2.75) is 32.1 Å². The number of nitrogens with one attached hydrogen (secondary N) is 1. The summed E-state index contributed by atoms with van der Waals surface area (Å²) in [5.41, 5.74) is 3.95. The third kappa shape index (κ3) is 4.13. The first-order valence-corrected chi connectivity index (χ1v) is 11.1. The van der Waals surface area contributed by atoms with Crippen LogP contribution < -0.4 is 4.74 Å². The van der Waals surface area contributed by atoms with Crippen molar-refractivity contribution in [3.8, 4) is 5.75 Å². The predicted octanol–water partition coefficient (Wildman–Crippen LogP) is 5.08. The summed E-state index contributed by atoms with van der Waals surface area (Å²) in [6, 6.07) is 16.1. The maximum Gasteiger partial charge on any atom is 0.270 e. The highest BCUT2D eigenvalue weighted by Gasteiger charge is 2.29. The van der Waals surface area contributed by atoms with E-state index in [0.29, 0.717) is 18.7 Å². The molecular weight excluding hydrogens is 402 g/mol. The number of H-pyrrole nitrogens is 1. The zero-order valence-corrected chi connectivity index (χ0v) is 18.4. The van der Waals surface area contributed by atoms with Gasteiger partial charge in [0, 0.05) is 30.4 Å². The van der Waals surface area contributed by atoms with Gasteiger partial charge in [-0.1, -0.05) is 24.3 Å². The number of nitrogens with zero attached hydrogens (tertiary/aromatic N) is 2. The second-order valence-electron chi connectivity index (χ2n) is 8.55. The largest absolute Gasteiger partial charge is 0.497 e. The van der Waals surface area contributed by atoms with Crippen LogP contribution in [-0.2, 0) is 6.42 Å². The quantitative estimate of drug-likeness (QED) is 0.480. The molecule has 1 aliphatic rings. The molecule has 1 amide bonds. The number of piperidine rings is 1. The molecule has 1 N–H and O–H groups in total. The Labute approximate surface area is 187 Å². The van der Waals surface area contributed by atoms with E-state index in [1.807, 2.05) is 41.3 Å². The number of likely N-dealkylation sites (tertiary alicyclic amines) is 1. The van der Waals surface area contributed by atoms with E-state index >= 15 is 0 Å². The van der Waals surface area contributed by atoms with Gasteiger partial charge in [0.05, 0.1) is 19.2 Å². The zero-order valence-electron chi connectivity index (χ0n) is 18.4. The molecule has 6 heteroatoms. The van der Waals surface area contributed by atoms with Crippen molar-refractivity contribution in [3.05, 3.63) is 83.2 Å². The molecular formula is C26H27N3O3. The van der Waals surface area contributed by atoms with E-state index in [1.54, 1.807) is 13.3 Å². The Hall–Kier alpha value is -3.54. The number of methoxy groups -OCH3 is 1. The molecule has 1 atom stereocenters. The fourth-order valence-electron chi connectivity index (χ4n) is 4.43. The molecule has 1 aliphatic heterocycles. The Morgan fingerprint density at radius 1 is 1.22 bits per heavy atom. The number of fused-ring (bicyclic) bond motifs is 1. The van der Waals surface area contributed by atoms with Crippen molar-refractivity contribution in [2.75, 3.05) is 20.2 Å². The fraction of sp³-hybridized carbons (Fsp3) is 0.308. The summed E-state index contributed by atoms with van der Waals surface area (Å²) >= 11 is 0. The summed E-state index contributed by atoms with van der Waals surface area (Å²) in [7, 11) is 1.66. The summed E-state index contributed by atoms with van der Waals surface area (Å²) in [6.07, 6.45) is 4.39. The van der Waals surface area contributed by atoms with Crippen LogP contribution in [-0.4, -0.2) is 41.0 Å². The van der Waals surface area contributed by atoms with Gasteiger partial charge in [-0.2, -0.15) is 0 Å². The molecule has 4 aromatic rings. The van der Waals surface area contributed by atoms with Crippen LogP contribution in [0.25, 0.3) is 10.9 Å². The second kappa shape index (κ2) is 8.54. The first-order chi connectivity index (χ1) is 15.6. The van der Waals surface area contributed by atoms with Gasteiger partial charge in [-0.25, -0.2) is 4.98 Å². The van der Waals surface area contributed by atoms with Gasteiger partial charge in [0.25, 0.3) is 5.91 Å². The molecule has 2 aromatic carbocycles. The van der Waals surface area contributed by atoms with Gasteiger partial charge >= 0.3 is 0 Å². The SMILES string of the molecule is COc1ccc(Cc2cnc([C@H]3CCCN(C(=O)c4cc5ccc(C)cc5[nH]4)C3)o2)cc1. The molecule has 5 rings (SSSR count).